The number of hydrogen-bond acceptors (Lipinski definition) is 7. The van der Waals surface area contributed by atoms with Gasteiger partial charge < -0.3 is 10.2 Å². The van der Waals surface area contributed by atoms with Gasteiger partial charge in [-0.3, -0.25) is 9.69 Å². The molecule has 6 rings (SSSR count). The predicted octanol–water partition coefficient (Wildman–Crippen LogP) is 6.51. The number of amides is 1. The number of aryl methyl sites for hydroxylation is 1. The van der Waals surface area contributed by atoms with Crippen LogP contribution in [0.1, 0.15) is 15.9 Å². The zero-order valence-corrected chi connectivity index (χ0v) is 24.0. The number of piperazine rings is 1. The molecule has 1 fully saturated rings. The lowest BCUT2D eigenvalue weighted by molar-refractivity contribution is 0.0949. The normalized spacial score (nSPS) is 14.1. The first-order chi connectivity index (χ1) is 18.1. The van der Waals surface area contributed by atoms with Crippen LogP contribution in [0.15, 0.2) is 60.0 Å². The van der Waals surface area contributed by atoms with Gasteiger partial charge in [-0.25, -0.2) is 9.97 Å². The van der Waals surface area contributed by atoms with E-state index in [4.69, 9.17) is 21.6 Å². The van der Waals surface area contributed by atoms with Crippen LogP contribution in [-0.4, -0.2) is 60.0 Å². The van der Waals surface area contributed by atoms with Crippen molar-refractivity contribution in [2.24, 2.45) is 0 Å². The first kappa shape index (κ1) is 26.8. The van der Waals surface area contributed by atoms with E-state index in [2.05, 4.69) is 22.0 Å². The highest BCUT2D eigenvalue weighted by Crippen LogP contribution is 2.36. The Labute approximate surface area is 240 Å². The van der Waals surface area contributed by atoms with E-state index in [9.17, 15) is 4.79 Å². The van der Waals surface area contributed by atoms with Gasteiger partial charge in [-0.1, -0.05) is 53.3 Å². The van der Waals surface area contributed by atoms with Crippen LogP contribution >= 0.6 is 46.7 Å². The molecule has 1 aliphatic rings. The number of pyridine rings is 1. The monoisotopic (exact) mass is 583 g/mol. The van der Waals surface area contributed by atoms with Crippen LogP contribution in [0, 0.1) is 6.92 Å². The minimum Gasteiger partial charge on any atom is -0.351 e. The molecule has 10 heteroatoms. The molecule has 0 spiro atoms. The summed E-state index contributed by atoms with van der Waals surface area (Å²) in [6, 6.07) is 17.8. The van der Waals surface area contributed by atoms with Crippen molar-refractivity contribution in [3.63, 3.8) is 0 Å². The number of fused-ring (bicyclic) bond motifs is 2. The highest BCUT2D eigenvalue weighted by atomic mass is 35.5. The summed E-state index contributed by atoms with van der Waals surface area (Å²) in [6.45, 7) is 7.16. The third-order valence-corrected chi connectivity index (χ3v) is 9.25. The van der Waals surface area contributed by atoms with E-state index in [0.29, 0.717) is 12.1 Å². The minimum atomic E-state index is -0.0585. The van der Waals surface area contributed by atoms with Gasteiger partial charge in [-0.2, -0.15) is 0 Å². The summed E-state index contributed by atoms with van der Waals surface area (Å²) in [5, 5.41) is 7.84. The summed E-state index contributed by atoms with van der Waals surface area (Å²) < 4.78 is 1.06. The number of anilines is 1. The number of nitrogens with one attached hydrogen (secondary N) is 1. The first-order valence-electron chi connectivity index (χ1n) is 12.3. The third kappa shape index (κ3) is 5.37. The largest absolute Gasteiger partial charge is 0.351 e. The average Bonchev–Trinajstić information content (AvgIpc) is 3.62. The topological polar surface area (TPSA) is 61.4 Å². The maximum Gasteiger partial charge on any atom is 0.252 e. The van der Waals surface area contributed by atoms with E-state index in [1.165, 1.54) is 0 Å². The summed E-state index contributed by atoms with van der Waals surface area (Å²) >= 11 is 9.70. The van der Waals surface area contributed by atoms with Gasteiger partial charge >= 0.3 is 0 Å². The number of nitrogens with zero attached hydrogens (tertiary/aromatic N) is 4. The summed E-state index contributed by atoms with van der Waals surface area (Å²) in [4.78, 5) is 28.7. The van der Waals surface area contributed by atoms with Crippen molar-refractivity contribution < 1.29 is 4.79 Å². The Hall–Kier alpha value is -2.75. The Balaban J connectivity index is 0.00000294. The van der Waals surface area contributed by atoms with Crippen molar-refractivity contribution >= 4 is 78.8 Å². The lowest BCUT2D eigenvalue weighted by Gasteiger charge is -2.34. The molecular weight excluding hydrogens is 557 g/mol. The van der Waals surface area contributed by atoms with E-state index in [0.717, 1.165) is 80.1 Å². The van der Waals surface area contributed by atoms with Gasteiger partial charge in [0, 0.05) is 44.7 Å². The van der Waals surface area contributed by atoms with Gasteiger partial charge in [-0.15, -0.1) is 23.7 Å². The molecule has 1 saturated heterocycles. The molecule has 1 aliphatic heterocycles. The van der Waals surface area contributed by atoms with Gasteiger partial charge in [-0.05, 0) is 42.1 Å². The van der Waals surface area contributed by atoms with Crippen molar-refractivity contribution in [1.29, 1.82) is 0 Å². The number of hydrogen-bond donors (Lipinski definition) is 1. The fourth-order valence-corrected chi connectivity index (χ4v) is 6.78. The highest BCUT2D eigenvalue weighted by Gasteiger charge is 2.21. The van der Waals surface area contributed by atoms with Crippen molar-refractivity contribution in [3.8, 4) is 10.6 Å². The Kier molecular flexibility index (Phi) is 8.16. The molecule has 2 aromatic carbocycles. The molecule has 6 nitrogen and oxygen atoms in total. The number of thiophene rings is 1. The molecule has 0 saturated carbocycles. The third-order valence-electron chi connectivity index (χ3n) is 6.78. The fraction of sp³-hybridized carbons (Fsp3) is 0.250. The van der Waals surface area contributed by atoms with E-state index >= 15 is 0 Å². The molecule has 0 bridgehead atoms. The maximum atomic E-state index is 13.2. The lowest BCUT2D eigenvalue weighted by Crippen LogP contribution is -2.48. The standard InChI is InChI=1S/C28H26ClN5OS2.ClH/c1-18-8-9-21(29)26-25(18)32-28(37-26)34-14-12-33(13-15-34)11-10-30-27(35)20-17-23(24-7-4-16-36-24)31-22-6-3-2-5-19(20)22;/h2-9,16-17H,10-15H2,1H3,(H,30,35);1H. The number of halogens is 2. The van der Waals surface area contributed by atoms with Crippen LogP contribution in [0.5, 0.6) is 0 Å². The molecule has 0 atom stereocenters. The van der Waals surface area contributed by atoms with Crippen LogP contribution in [0.2, 0.25) is 5.02 Å². The zero-order chi connectivity index (χ0) is 25.4. The van der Waals surface area contributed by atoms with Crippen LogP contribution in [-0.2, 0) is 0 Å². The lowest BCUT2D eigenvalue weighted by atomic mass is 10.1. The highest BCUT2D eigenvalue weighted by molar-refractivity contribution is 7.22. The second kappa shape index (κ2) is 11.6. The van der Waals surface area contributed by atoms with E-state index in [-0.39, 0.29) is 18.3 Å². The molecule has 5 aromatic rings. The van der Waals surface area contributed by atoms with Crippen LogP contribution in [0.4, 0.5) is 5.13 Å². The average molecular weight is 585 g/mol. The zero-order valence-electron chi connectivity index (χ0n) is 20.8. The number of thiazole rings is 1. The van der Waals surface area contributed by atoms with Gasteiger partial charge in [0.25, 0.3) is 5.91 Å². The molecule has 1 N–H and O–H groups in total. The Morgan fingerprint density at radius 2 is 1.87 bits per heavy atom. The fourth-order valence-electron chi connectivity index (χ4n) is 4.73. The molecule has 38 heavy (non-hydrogen) atoms. The second-order valence-corrected chi connectivity index (χ2v) is 11.5. The summed E-state index contributed by atoms with van der Waals surface area (Å²) in [5.41, 5.74) is 4.50. The summed E-state index contributed by atoms with van der Waals surface area (Å²) in [5.74, 6) is -0.0585. The van der Waals surface area contributed by atoms with Gasteiger partial charge in [0.15, 0.2) is 5.13 Å². The van der Waals surface area contributed by atoms with Gasteiger partial charge in [0.1, 0.15) is 0 Å². The SMILES string of the molecule is Cc1ccc(Cl)c2sc(N3CCN(CCNC(=O)c4cc(-c5cccs5)nc5ccccc45)CC3)nc12.Cl. The summed E-state index contributed by atoms with van der Waals surface area (Å²) in [7, 11) is 0. The Morgan fingerprint density at radius 3 is 2.63 bits per heavy atom. The molecule has 0 radical (unpaired) electrons. The molecule has 4 heterocycles. The number of carbonyl (C=O) groups is 1. The molecular formula is C28H27Cl2N5OS2. The number of carbonyl (C=O) groups excluding carboxylic acids is 1. The van der Waals surface area contributed by atoms with Crippen molar-refractivity contribution in [2.75, 3.05) is 44.2 Å². The quantitative estimate of drug-likeness (QED) is 0.247. The number of benzene rings is 2. The first-order valence-corrected chi connectivity index (χ1v) is 14.4. The Morgan fingerprint density at radius 1 is 1.05 bits per heavy atom. The van der Waals surface area contributed by atoms with Crippen LogP contribution in [0.3, 0.4) is 0 Å². The number of aromatic nitrogens is 2. The van der Waals surface area contributed by atoms with Crippen molar-refractivity contribution in [3.05, 3.63) is 76.1 Å². The number of para-hydroxylation sites is 1. The second-order valence-electron chi connectivity index (χ2n) is 9.17. The molecule has 0 aliphatic carbocycles. The van der Waals surface area contributed by atoms with E-state index in [1.807, 2.05) is 60.0 Å². The van der Waals surface area contributed by atoms with Crippen molar-refractivity contribution in [1.82, 2.24) is 20.2 Å². The van der Waals surface area contributed by atoms with E-state index < -0.39 is 0 Å². The van der Waals surface area contributed by atoms with E-state index in [1.54, 1.807) is 22.7 Å². The predicted molar refractivity (Wildman–Crippen MR) is 163 cm³/mol. The Bertz CT molecular complexity index is 1540. The molecule has 3 aromatic heterocycles. The minimum absolute atomic E-state index is 0. The molecule has 196 valence electrons. The number of rotatable bonds is 6. The molecule has 1 amide bonds. The smallest absolute Gasteiger partial charge is 0.252 e. The van der Waals surface area contributed by atoms with Crippen molar-refractivity contribution in [2.45, 2.75) is 6.92 Å². The van der Waals surface area contributed by atoms with Gasteiger partial charge in [0.2, 0.25) is 0 Å². The molecule has 0 unspecified atom stereocenters. The van der Waals surface area contributed by atoms with Gasteiger partial charge in [0.05, 0.1) is 36.9 Å². The van der Waals surface area contributed by atoms with Crippen LogP contribution in [0.25, 0.3) is 31.7 Å². The van der Waals surface area contributed by atoms with Crippen LogP contribution < -0.4 is 10.2 Å². The maximum absolute atomic E-state index is 13.2. The summed E-state index contributed by atoms with van der Waals surface area (Å²) in [6.07, 6.45) is 0.